The number of nitrogens with two attached hydrogens (primary N) is 1. The molecule has 1 aliphatic carbocycles. The number of nitrogens with one attached hydrogen (secondary N) is 1. The summed E-state index contributed by atoms with van der Waals surface area (Å²) in [7, 11) is 0. The highest BCUT2D eigenvalue weighted by atomic mass is 32.1. The largest absolute Gasteiger partial charge is 0.390 e. The van der Waals surface area contributed by atoms with Gasteiger partial charge in [0, 0.05) is 11.1 Å². The van der Waals surface area contributed by atoms with Crippen LogP contribution in [0.1, 0.15) is 22.4 Å². The molecule has 0 spiro atoms. The van der Waals surface area contributed by atoms with E-state index in [1.807, 2.05) is 6.07 Å². The lowest BCUT2D eigenvalue weighted by atomic mass is 10.1. The number of aromatic amines is 1. The fourth-order valence-electron chi connectivity index (χ4n) is 2.84. The molecule has 0 bridgehead atoms. The summed E-state index contributed by atoms with van der Waals surface area (Å²) in [5.74, 6) is 0.869. The standard InChI is InChI=1S/C14H14N4S/c1-7-5-6-16-14-11(7)17-13(18-14)10-8-3-2-4-9(8)19-12(10)15/h5-6H,2-4,15H2,1H3,(H,16,17,18). The molecule has 0 aromatic carbocycles. The third kappa shape index (κ3) is 1.51. The highest BCUT2D eigenvalue weighted by molar-refractivity contribution is 7.16. The molecule has 0 fully saturated rings. The molecule has 3 N–H and O–H groups in total. The van der Waals surface area contributed by atoms with E-state index in [9.17, 15) is 0 Å². The average Bonchev–Trinajstić information content (AvgIpc) is 3.02. The van der Waals surface area contributed by atoms with Gasteiger partial charge in [-0.3, -0.25) is 0 Å². The number of nitrogens with zero attached hydrogens (tertiary/aromatic N) is 2. The summed E-state index contributed by atoms with van der Waals surface area (Å²) in [6.07, 6.45) is 5.29. The number of anilines is 1. The number of fused-ring (bicyclic) bond motifs is 2. The monoisotopic (exact) mass is 270 g/mol. The van der Waals surface area contributed by atoms with Gasteiger partial charge < -0.3 is 10.7 Å². The van der Waals surface area contributed by atoms with Gasteiger partial charge in [-0.15, -0.1) is 11.3 Å². The SMILES string of the molecule is Cc1ccnc2nc(-c3c(N)sc4c3CCC4)[nH]c12. The van der Waals surface area contributed by atoms with Crippen LogP contribution in [0.3, 0.4) is 0 Å². The van der Waals surface area contributed by atoms with Crippen molar-refractivity contribution in [1.82, 2.24) is 15.0 Å². The minimum Gasteiger partial charge on any atom is -0.390 e. The fraction of sp³-hybridized carbons (Fsp3) is 0.286. The summed E-state index contributed by atoms with van der Waals surface area (Å²) < 4.78 is 0. The van der Waals surface area contributed by atoms with Gasteiger partial charge in [-0.2, -0.15) is 0 Å². The first-order chi connectivity index (χ1) is 9.24. The summed E-state index contributed by atoms with van der Waals surface area (Å²) in [5.41, 5.74) is 11.6. The van der Waals surface area contributed by atoms with Crippen LogP contribution in [0.4, 0.5) is 5.00 Å². The highest BCUT2D eigenvalue weighted by Gasteiger charge is 2.24. The van der Waals surface area contributed by atoms with Gasteiger partial charge in [0.1, 0.15) is 5.82 Å². The Balaban J connectivity index is 1.98. The number of hydrogen-bond donors (Lipinski definition) is 2. The van der Waals surface area contributed by atoms with Crippen LogP contribution in [0.25, 0.3) is 22.6 Å². The molecule has 19 heavy (non-hydrogen) atoms. The molecule has 0 saturated heterocycles. The smallest absolute Gasteiger partial charge is 0.178 e. The van der Waals surface area contributed by atoms with Crippen LogP contribution in [0.15, 0.2) is 12.3 Å². The molecule has 1 aliphatic rings. The Hall–Kier alpha value is -1.88. The Labute approximate surface area is 114 Å². The summed E-state index contributed by atoms with van der Waals surface area (Å²) >= 11 is 1.71. The molecule has 5 heteroatoms. The van der Waals surface area contributed by atoms with E-state index in [1.165, 1.54) is 16.9 Å². The zero-order chi connectivity index (χ0) is 13.0. The summed E-state index contributed by atoms with van der Waals surface area (Å²) in [5, 5.41) is 0.876. The van der Waals surface area contributed by atoms with Gasteiger partial charge in [0.25, 0.3) is 0 Å². The topological polar surface area (TPSA) is 67.6 Å². The van der Waals surface area contributed by atoms with Crippen molar-refractivity contribution in [2.45, 2.75) is 26.2 Å². The molecule has 4 rings (SSSR count). The molecule has 0 saturated carbocycles. The summed E-state index contributed by atoms with van der Waals surface area (Å²) in [4.78, 5) is 13.7. The molecular weight excluding hydrogens is 256 g/mol. The van der Waals surface area contributed by atoms with E-state index in [2.05, 4.69) is 21.9 Å². The van der Waals surface area contributed by atoms with E-state index in [4.69, 9.17) is 5.73 Å². The second-order valence-corrected chi connectivity index (χ2v) is 6.15. The minimum atomic E-state index is 0.771. The molecule has 0 radical (unpaired) electrons. The van der Waals surface area contributed by atoms with Gasteiger partial charge in [0.2, 0.25) is 0 Å². The van der Waals surface area contributed by atoms with Crippen LogP contribution < -0.4 is 5.73 Å². The average molecular weight is 270 g/mol. The Morgan fingerprint density at radius 2 is 2.26 bits per heavy atom. The number of aromatic nitrogens is 3. The molecule has 3 aromatic heterocycles. The Morgan fingerprint density at radius 3 is 3.11 bits per heavy atom. The number of thiophene rings is 1. The number of H-pyrrole nitrogens is 1. The normalized spacial score (nSPS) is 14.2. The van der Waals surface area contributed by atoms with Crippen molar-refractivity contribution in [3.63, 3.8) is 0 Å². The van der Waals surface area contributed by atoms with E-state index < -0.39 is 0 Å². The maximum absolute atomic E-state index is 6.18. The maximum Gasteiger partial charge on any atom is 0.178 e. The first-order valence-electron chi connectivity index (χ1n) is 6.46. The zero-order valence-electron chi connectivity index (χ0n) is 10.7. The Morgan fingerprint density at radius 1 is 1.37 bits per heavy atom. The van der Waals surface area contributed by atoms with Crippen molar-refractivity contribution in [2.24, 2.45) is 0 Å². The number of hydrogen-bond acceptors (Lipinski definition) is 4. The van der Waals surface area contributed by atoms with E-state index in [-0.39, 0.29) is 0 Å². The van der Waals surface area contributed by atoms with E-state index in [0.717, 1.165) is 46.0 Å². The molecule has 3 heterocycles. The fourth-order valence-corrected chi connectivity index (χ4v) is 4.00. The molecule has 96 valence electrons. The first kappa shape index (κ1) is 11.0. The second-order valence-electron chi connectivity index (χ2n) is 5.01. The van der Waals surface area contributed by atoms with Crippen LogP contribution in [-0.2, 0) is 12.8 Å². The summed E-state index contributed by atoms with van der Waals surface area (Å²) in [6, 6.07) is 1.99. The predicted octanol–water partition coefficient (Wildman–Crippen LogP) is 3.07. The van der Waals surface area contributed by atoms with Crippen LogP contribution in [0.5, 0.6) is 0 Å². The van der Waals surface area contributed by atoms with Crippen molar-refractivity contribution < 1.29 is 0 Å². The lowest BCUT2D eigenvalue weighted by Gasteiger charge is -1.98. The number of pyridine rings is 1. The maximum atomic E-state index is 6.18. The molecular formula is C14H14N4S. The zero-order valence-corrected chi connectivity index (χ0v) is 11.5. The van der Waals surface area contributed by atoms with Gasteiger partial charge in [-0.1, -0.05) is 0 Å². The van der Waals surface area contributed by atoms with Crippen molar-refractivity contribution >= 4 is 27.5 Å². The molecule has 0 unspecified atom stereocenters. The van der Waals surface area contributed by atoms with Crippen LogP contribution in [0, 0.1) is 6.92 Å². The van der Waals surface area contributed by atoms with Crippen molar-refractivity contribution in [1.29, 1.82) is 0 Å². The van der Waals surface area contributed by atoms with Crippen LogP contribution >= 0.6 is 11.3 Å². The molecule has 0 amide bonds. The van der Waals surface area contributed by atoms with Crippen LogP contribution in [-0.4, -0.2) is 15.0 Å². The number of nitrogen functional groups attached to an aromatic ring is 1. The van der Waals surface area contributed by atoms with E-state index in [1.54, 1.807) is 17.5 Å². The van der Waals surface area contributed by atoms with Crippen molar-refractivity contribution in [3.8, 4) is 11.4 Å². The van der Waals surface area contributed by atoms with Gasteiger partial charge in [-0.05, 0) is 43.4 Å². The lowest BCUT2D eigenvalue weighted by molar-refractivity contribution is 0.915. The van der Waals surface area contributed by atoms with Gasteiger partial charge in [-0.25, -0.2) is 9.97 Å². The van der Waals surface area contributed by atoms with Crippen molar-refractivity contribution in [3.05, 3.63) is 28.3 Å². The molecule has 0 aliphatic heterocycles. The lowest BCUT2D eigenvalue weighted by Crippen LogP contribution is -1.89. The molecule has 0 atom stereocenters. The number of aryl methyl sites for hydroxylation is 2. The molecule has 3 aromatic rings. The predicted molar refractivity (Wildman–Crippen MR) is 78.4 cm³/mol. The summed E-state index contributed by atoms with van der Waals surface area (Å²) in [6.45, 7) is 2.06. The second kappa shape index (κ2) is 3.81. The van der Waals surface area contributed by atoms with Crippen LogP contribution in [0.2, 0.25) is 0 Å². The van der Waals surface area contributed by atoms with Gasteiger partial charge >= 0.3 is 0 Å². The highest BCUT2D eigenvalue weighted by Crippen LogP contribution is 2.42. The van der Waals surface area contributed by atoms with Gasteiger partial charge in [0.15, 0.2) is 5.65 Å². The Bertz CT molecular complexity index is 784. The van der Waals surface area contributed by atoms with E-state index >= 15 is 0 Å². The third-order valence-corrected chi connectivity index (χ3v) is 4.91. The quantitative estimate of drug-likeness (QED) is 0.714. The first-order valence-corrected chi connectivity index (χ1v) is 7.27. The Kier molecular flexibility index (Phi) is 2.20. The minimum absolute atomic E-state index is 0.771. The van der Waals surface area contributed by atoms with Gasteiger partial charge in [0.05, 0.1) is 16.1 Å². The number of rotatable bonds is 1. The number of imidazole rings is 1. The van der Waals surface area contributed by atoms with E-state index in [0.29, 0.717) is 0 Å². The third-order valence-electron chi connectivity index (χ3n) is 3.79. The molecule has 4 nitrogen and oxygen atoms in total. The van der Waals surface area contributed by atoms with Crippen molar-refractivity contribution in [2.75, 3.05) is 5.73 Å².